The van der Waals surface area contributed by atoms with Crippen LogP contribution >= 0.6 is 0 Å². The van der Waals surface area contributed by atoms with E-state index in [0.717, 1.165) is 18.9 Å². The Morgan fingerprint density at radius 1 is 1.35 bits per heavy atom. The van der Waals surface area contributed by atoms with Crippen molar-refractivity contribution in [3.63, 3.8) is 0 Å². The topological polar surface area (TPSA) is 55.6 Å². The van der Waals surface area contributed by atoms with E-state index in [2.05, 4.69) is 40.4 Å². The van der Waals surface area contributed by atoms with Crippen LogP contribution in [0, 0.1) is 5.41 Å². The quantitative estimate of drug-likeness (QED) is 0.698. The molecule has 1 amide bonds. The van der Waals surface area contributed by atoms with Crippen LogP contribution in [-0.4, -0.2) is 45.3 Å². The molecule has 4 nitrogen and oxygen atoms in total. The molecule has 1 unspecified atom stereocenters. The molecule has 0 fully saturated rings. The molecular formula is C15H34N2O2Si. The predicted octanol–water partition coefficient (Wildman–Crippen LogP) is 3.55. The zero-order valence-electron chi connectivity index (χ0n) is 14.5. The van der Waals surface area contributed by atoms with Crippen molar-refractivity contribution >= 4 is 14.2 Å². The minimum Gasteiger partial charge on any atom is -0.450 e. The summed E-state index contributed by atoms with van der Waals surface area (Å²) in [4.78, 5) is 13.5. The summed E-state index contributed by atoms with van der Waals surface area (Å²) >= 11 is 0. The number of hydrogen-bond acceptors (Lipinski definition) is 3. The predicted molar refractivity (Wildman–Crippen MR) is 88.8 cm³/mol. The molecule has 5 heteroatoms. The van der Waals surface area contributed by atoms with E-state index >= 15 is 0 Å². The fourth-order valence-corrected chi connectivity index (χ4v) is 2.61. The molecule has 0 aromatic carbocycles. The van der Waals surface area contributed by atoms with Gasteiger partial charge in [-0.25, -0.2) is 4.79 Å². The molecule has 0 aromatic rings. The number of hydrogen-bond donors (Lipinski definition) is 1. The van der Waals surface area contributed by atoms with E-state index in [4.69, 9.17) is 10.5 Å². The molecule has 0 spiro atoms. The van der Waals surface area contributed by atoms with E-state index in [9.17, 15) is 4.79 Å². The number of nitrogens with two attached hydrogens (primary N) is 1. The SMILES string of the molecule is CCC(C)(C)CC(N)CN(C)C(=O)OCC[Si](C)(C)C. The number of carbonyl (C=O) groups excluding carboxylic acids is 1. The normalized spacial score (nSPS) is 14.0. The third-order valence-electron chi connectivity index (χ3n) is 3.67. The van der Waals surface area contributed by atoms with Crippen LogP contribution in [0.15, 0.2) is 0 Å². The maximum atomic E-state index is 11.9. The Labute approximate surface area is 126 Å². The van der Waals surface area contributed by atoms with Crippen LogP contribution in [0.5, 0.6) is 0 Å². The van der Waals surface area contributed by atoms with Gasteiger partial charge in [0.15, 0.2) is 0 Å². The second-order valence-electron chi connectivity index (χ2n) is 7.79. The van der Waals surface area contributed by atoms with E-state index in [1.807, 2.05) is 0 Å². The Kier molecular flexibility index (Phi) is 7.81. The Bertz CT molecular complexity index is 301. The molecular weight excluding hydrogens is 268 g/mol. The molecule has 0 aliphatic rings. The second kappa shape index (κ2) is 8.03. The maximum absolute atomic E-state index is 11.9. The van der Waals surface area contributed by atoms with Crippen molar-refractivity contribution in [1.82, 2.24) is 4.90 Å². The van der Waals surface area contributed by atoms with Crippen molar-refractivity contribution in [2.75, 3.05) is 20.2 Å². The summed E-state index contributed by atoms with van der Waals surface area (Å²) < 4.78 is 5.30. The van der Waals surface area contributed by atoms with Gasteiger partial charge in [0.05, 0.1) is 6.61 Å². The van der Waals surface area contributed by atoms with E-state index < -0.39 is 8.07 Å². The number of rotatable bonds is 8. The Balaban J connectivity index is 4.07. The highest BCUT2D eigenvalue weighted by atomic mass is 28.3. The molecule has 0 bridgehead atoms. The molecule has 0 aromatic heterocycles. The third-order valence-corrected chi connectivity index (χ3v) is 5.37. The number of carbonyl (C=O) groups is 1. The first-order valence-electron chi connectivity index (χ1n) is 7.60. The molecule has 20 heavy (non-hydrogen) atoms. The lowest BCUT2D eigenvalue weighted by Gasteiger charge is -2.29. The monoisotopic (exact) mass is 302 g/mol. The van der Waals surface area contributed by atoms with Crippen LogP contribution in [-0.2, 0) is 4.74 Å². The van der Waals surface area contributed by atoms with Crippen molar-refractivity contribution < 1.29 is 9.53 Å². The molecule has 0 radical (unpaired) electrons. The van der Waals surface area contributed by atoms with Crippen molar-refractivity contribution in [3.8, 4) is 0 Å². The van der Waals surface area contributed by atoms with Crippen LogP contribution in [0.2, 0.25) is 25.7 Å². The van der Waals surface area contributed by atoms with Gasteiger partial charge in [-0.2, -0.15) is 0 Å². The molecule has 120 valence electrons. The first-order valence-corrected chi connectivity index (χ1v) is 11.3. The Morgan fingerprint density at radius 3 is 2.35 bits per heavy atom. The summed E-state index contributed by atoms with van der Waals surface area (Å²) in [6.45, 7) is 14.5. The summed E-state index contributed by atoms with van der Waals surface area (Å²) in [6.07, 6.45) is 1.74. The number of nitrogens with zero attached hydrogens (tertiary/aromatic N) is 1. The van der Waals surface area contributed by atoms with Crippen LogP contribution in [0.4, 0.5) is 4.79 Å². The Morgan fingerprint density at radius 2 is 1.90 bits per heavy atom. The summed E-state index contributed by atoms with van der Waals surface area (Å²) in [7, 11) is 0.612. The highest BCUT2D eigenvalue weighted by molar-refractivity contribution is 6.76. The van der Waals surface area contributed by atoms with Crippen LogP contribution in [0.1, 0.15) is 33.6 Å². The number of likely N-dealkylation sites (N-methyl/N-ethyl adjacent to an activating group) is 1. The largest absolute Gasteiger partial charge is 0.450 e. The van der Waals surface area contributed by atoms with Crippen molar-refractivity contribution in [2.45, 2.75) is 65.3 Å². The lowest BCUT2D eigenvalue weighted by Crippen LogP contribution is -2.41. The van der Waals surface area contributed by atoms with Gasteiger partial charge in [-0.3, -0.25) is 0 Å². The first-order chi connectivity index (χ1) is 8.97. The molecule has 0 aliphatic heterocycles. The van der Waals surface area contributed by atoms with Gasteiger partial charge in [0.1, 0.15) is 0 Å². The van der Waals surface area contributed by atoms with Gasteiger partial charge in [-0.05, 0) is 17.9 Å². The van der Waals surface area contributed by atoms with Gasteiger partial charge in [0, 0.05) is 27.7 Å². The minimum atomic E-state index is -1.15. The van der Waals surface area contributed by atoms with Gasteiger partial charge in [0.2, 0.25) is 0 Å². The first kappa shape index (κ1) is 19.4. The van der Waals surface area contributed by atoms with E-state index in [1.165, 1.54) is 0 Å². The van der Waals surface area contributed by atoms with Gasteiger partial charge in [0.25, 0.3) is 0 Å². The molecule has 1 atom stereocenters. The lowest BCUT2D eigenvalue weighted by atomic mass is 9.83. The van der Waals surface area contributed by atoms with Crippen molar-refractivity contribution in [2.24, 2.45) is 11.1 Å². The summed E-state index contributed by atoms with van der Waals surface area (Å²) in [6, 6.07) is 1.00. The number of ether oxygens (including phenoxy) is 1. The maximum Gasteiger partial charge on any atom is 0.409 e. The molecule has 0 saturated heterocycles. The summed E-state index contributed by atoms with van der Waals surface area (Å²) in [5.74, 6) is 0. The second-order valence-corrected chi connectivity index (χ2v) is 13.4. The molecule has 0 saturated carbocycles. The summed E-state index contributed by atoms with van der Waals surface area (Å²) in [5.41, 5.74) is 6.35. The number of amides is 1. The van der Waals surface area contributed by atoms with Crippen molar-refractivity contribution in [3.05, 3.63) is 0 Å². The molecule has 2 N–H and O–H groups in total. The fourth-order valence-electron chi connectivity index (χ4n) is 1.90. The van der Waals surface area contributed by atoms with E-state index in [0.29, 0.717) is 13.2 Å². The van der Waals surface area contributed by atoms with Gasteiger partial charge < -0.3 is 15.4 Å². The van der Waals surface area contributed by atoms with E-state index in [1.54, 1.807) is 11.9 Å². The minimum absolute atomic E-state index is 0.000471. The zero-order valence-corrected chi connectivity index (χ0v) is 15.5. The molecule has 0 aliphatic carbocycles. The average molecular weight is 303 g/mol. The fraction of sp³-hybridized carbons (Fsp3) is 0.933. The van der Waals surface area contributed by atoms with E-state index in [-0.39, 0.29) is 17.6 Å². The summed E-state index contributed by atoms with van der Waals surface area (Å²) in [5, 5.41) is 0. The zero-order chi connectivity index (χ0) is 16.0. The van der Waals surface area contributed by atoms with Crippen molar-refractivity contribution in [1.29, 1.82) is 0 Å². The van der Waals surface area contributed by atoms with Gasteiger partial charge >= 0.3 is 6.09 Å². The van der Waals surface area contributed by atoms with Crippen LogP contribution < -0.4 is 5.73 Å². The lowest BCUT2D eigenvalue weighted by molar-refractivity contribution is 0.111. The highest BCUT2D eigenvalue weighted by Crippen LogP contribution is 2.25. The standard InChI is InChI=1S/C15H34N2O2Si/c1-8-15(2,3)11-13(16)12-17(4)14(18)19-9-10-20(5,6)7/h13H,8-12,16H2,1-7H3. The molecule has 0 rings (SSSR count). The highest BCUT2D eigenvalue weighted by Gasteiger charge is 2.22. The van der Waals surface area contributed by atoms with Gasteiger partial charge in [-0.15, -0.1) is 0 Å². The van der Waals surface area contributed by atoms with Gasteiger partial charge in [-0.1, -0.05) is 46.8 Å². The average Bonchev–Trinajstić information content (AvgIpc) is 2.26. The smallest absolute Gasteiger partial charge is 0.409 e. The van der Waals surface area contributed by atoms with Crippen LogP contribution in [0.3, 0.4) is 0 Å². The Hall–Kier alpha value is -0.553. The van der Waals surface area contributed by atoms with Crippen LogP contribution in [0.25, 0.3) is 0 Å². The molecule has 0 heterocycles. The third kappa shape index (κ3) is 9.37.